The SMILES string of the molecule is C[C@H](NCc1ccccc1)c1ccccc1O.Cl. The summed E-state index contributed by atoms with van der Waals surface area (Å²) in [7, 11) is 0. The van der Waals surface area contributed by atoms with Gasteiger partial charge in [0.1, 0.15) is 5.75 Å². The minimum absolute atomic E-state index is 0. The molecule has 0 aliphatic rings. The van der Waals surface area contributed by atoms with E-state index in [0.717, 1.165) is 12.1 Å². The number of hydrogen-bond acceptors (Lipinski definition) is 2. The molecule has 0 spiro atoms. The van der Waals surface area contributed by atoms with Crippen molar-refractivity contribution in [1.29, 1.82) is 0 Å². The van der Waals surface area contributed by atoms with E-state index in [4.69, 9.17) is 0 Å². The van der Waals surface area contributed by atoms with E-state index in [0.29, 0.717) is 5.75 Å². The van der Waals surface area contributed by atoms with Crippen molar-refractivity contribution in [1.82, 2.24) is 5.32 Å². The molecule has 2 aromatic carbocycles. The molecule has 0 saturated heterocycles. The monoisotopic (exact) mass is 263 g/mol. The van der Waals surface area contributed by atoms with Crippen molar-refractivity contribution >= 4 is 12.4 Å². The second kappa shape index (κ2) is 7.04. The van der Waals surface area contributed by atoms with E-state index in [9.17, 15) is 5.11 Å². The highest BCUT2D eigenvalue weighted by Crippen LogP contribution is 2.23. The average molecular weight is 264 g/mol. The molecule has 0 saturated carbocycles. The number of aromatic hydroxyl groups is 1. The van der Waals surface area contributed by atoms with E-state index in [1.807, 2.05) is 36.4 Å². The Balaban J connectivity index is 0.00000162. The van der Waals surface area contributed by atoms with Crippen LogP contribution in [-0.2, 0) is 6.54 Å². The van der Waals surface area contributed by atoms with E-state index in [2.05, 4.69) is 24.4 Å². The van der Waals surface area contributed by atoms with E-state index in [-0.39, 0.29) is 18.4 Å². The van der Waals surface area contributed by atoms with Gasteiger partial charge in [-0.3, -0.25) is 0 Å². The molecule has 0 unspecified atom stereocenters. The van der Waals surface area contributed by atoms with E-state index < -0.39 is 0 Å². The summed E-state index contributed by atoms with van der Waals surface area (Å²) in [6.45, 7) is 2.86. The van der Waals surface area contributed by atoms with Crippen LogP contribution in [0, 0.1) is 0 Å². The molecule has 1 atom stereocenters. The maximum Gasteiger partial charge on any atom is 0.120 e. The van der Waals surface area contributed by atoms with Crippen molar-refractivity contribution in [3.8, 4) is 5.75 Å². The van der Waals surface area contributed by atoms with Crippen LogP contribution in [0.4, 0.5) is 0 Å². The zero-order chi connectivity index (χ0) is 12.1. The van der Waals surface area contributed by atoms with E-state index in [1.54, 1.807) is 6.07 Å². The van der Waals surface area contributed by atoms with Gasteiger partial charge in [0, 0.05) is 18.2 Å². The van der Waals surface area contributed by atoms with E-state index in [1.165, 1.54) is 5.56 Å². The summed E-state index contributed by atoms with van der Waals surface area (Å²) in [5.74, 6) is 0.348. The molecule has 0 fully saturated rings. The Kier molecular flexibility index (Phi) is 5.69. The average Bonchev–Trinajstić information content (AvgIpc) is 2.38. The highest BCUT2D eigenvalue weighted by atomic mass is 35.5. The van der Waals surface area contributed by atoms with Crippen molar-refractivity contribution < 1.29 is 5.11 Å². The van der Waals surface area contributed by atoms with Crippen LogP contribution in [0.1, 0.15) is 24.1 Å². The number of benzene rings is 2. The number of para-hydroxylation sites is 1. The highest BCUT2D eigenvalue weighted by molar-refractivity contribution is 5.85. The van der Waals surface area contributed by atoms with Crippen LogP contribution in [0.25, 0.3) is 0 Å². The van der Waals surface area contributed by atoms with Gasteiger partial charge in [0.2, 0.25) is 0 Å². The van der Waals surface area contributed by atoms with Crippen LogP contribution >= 0.6 is 12.4 Å². The van der Waals surface area contributed by atoms with Crippen LogP contribution in [0.2, 0.25) is 0 Å². The number of nitrogens with one attached hydrogen (secondary N) is 1. The lowest BCUT2D eigenvalue weighted by atomic mass is 10.1. The molecule has 2 nitrogen and oxygen atoms in total. The smallest absolute Gasteiger partial charge is 0.120 e. The normalized spacial score (nSPS) is 11.6. The Labute approximate surface area is 114 Å². The van der Waals surface area contributed by atoms with Crippen molar-refractivity contribution in [2.45, 2.75) is 19.5 Å². The second-order valence-corrected chi connectivity index (χ2v) is 4.15. The Morgan fingerprint density at radius 2 is 1.61 bits per heavy atom. The molecule has 0 bridgehead atoms. The molecule has 0 aliphatic heterocycles. The summed E-state index contributed by atoms with van der Waals surface area (Å²) in [5, 5.41) is 13.1. The molecule has 0 heterocycles. The van der Waals surface area contributed by atoms with Crippen molar-refractivity contribution in [2.24, 2.45) is 0 Å². The maximum absolute atomic E-state index is 9.74. The Morgan fingerprint density at radius 1 is 1.00 bits per heavy atom. The number of hydrogen-bond donors (Lipinski definition) is 2. The van der Waals surface area contributed by atoms with Crippen LogP contribution in [0.15, 0.2) is 54.6 Å². The summed E-state index contributed by atoms with van der Waals surface area (Å²) in [6, 6.07) is 17.8. The third kappa shape index (κ3) is 3.76. The predicted molar refractivity (Wildman–Crippen MR) is 77.1 cm³/mol. The van der Waals surface area contributed by atoms with Crippen molar-refractivity contribution in [2.75, 3.05) is 0 Å². The van der Waals surface area contributed by atoms with Gasteiger partial charge in [-0.15, -0.1) is 12.4 Å². The number of phenols is 1. The first-order chi connectivity index (χ1) is 8.27. The second-order valence-electron chi connectivity index (χ2n) is 4.15. The molecule has 0 aliphatic carbocycles. The fraction of sp³-hybridized carbons (Fsp3) is 0.200. The molecule has 0 aromatic heterocycles. The first kappa shape index (κ1) is 14.6. The highest BCUT2D eigenvalue weighted by Gasteiger charge is 2.08. The van der Waals surface area contributed by atoms with Crippen molar-refractivity contribution in [3.05, 3.63) is 65.7 Å². The standard InChI is InChI=1S/C15H17NO.ClH/c1-12(14-9-5-6-10-15(14)17)16-11-13-7-3-2-4-8-13;/h2-10,12,16-17H,11H2,1H3;1H/t12-;/m0./s1. The summed E-state index contributed by atoms with van der Waals surface area (Å²) >= 11 is 0. The van der Waals surface area contributed by atoms with Crippen LogP contribution in [0.3, 0.4) is 0 Å². The maximum atomic E-state index is 9.74. The van der Waals surface area contributed by atoms with Gasteiger partial charge in [-0.2, -0.15) is 0 Å². The molecule has 3 heteroatoms. The summed E-state index contributed by atoms with van der Waals surface area (Å²) in [4.78, 5) is 0. The van der Waals surface area contributed by atoms with Gasteiger partial charge in [-0.25, -0.2) is 0 Å². The molecule has 2 aromatic rings. The first-order valence-electron chi connectivity index (χ1n) is 5.82. The lowest BCUT2D eigenvalue weighted by molar-refractivity contribution is 0.452. The molecule has 0 radical (unpaired) electrons. The number of rotatable bonds is 4. The fourth-order valence-electron chi connectivity index (χ4n) is 1.83. The predicted octanol–water partition coefficient (Wildman–Crippen LogP) is 3.66. The zero-order valence-electron chi connectivity index (χ0n) is 10.3. The zero-order valence-corrected chi connectivity index (χ0v) is 11.2. The molecule has 0 amide bonds. The fourth-order valence-corrected chi connectivity index (χ4v) is 1.83. The van der Waals surface area contributed by atoms with Crippen LogP contribution < -0.4 is 5.32 Å². The third-order valence-electron chi connectivity index (χ3n) is 2.86. The number of halogens is 1. The molecule has 2 rings (SSSR count). The topological polar surface area (TPSA) is 32.3 Å². The molecular formula is C15H18ClNO. The van der Waals surface area contributed by atoms with Gasteiger partial charge in [-0.05, 0) is 18.6 Å². The van der Waals surface area contributed by atoms with Gasteiger partial charge in [0.25, 0.3) is 0 Å². The van der Waals surface area contributed by atoms with E-state index >= 15 is 0 Å². The van der Waals surface area contributed by atoms with Crippen LogP contribution in [-0.4, -0.2) is 5.11 Å². The van der Waals surface area contributed by atoms with Gasteiger partial charge < -0.3 is 10.4 Å². The van der Waals surface area contributed by atoms with Crippen LogP contribution in [0.5, 0.6) is 5.75 Å². The minimum Gasteiger partial charge on any atom is -0.508 e. The molecular weight excluding hydrogens is 246 g/mol. The quantitative estimate of drug-likeness (QED) is 0.882. The molecule has 18 heavy (non-hydrogen) atoms. The first-order valence-corrected chi connectivity index (χ1v) is 5.82. The van der Waals surface area contributed by atoms with Gasteiger partial charge in [0.15, 0.2) is 0 Å². The Morgan fingerprint density at radius 3 is 2.28 bits per heavy atom. The molecule has 2 N–H and O–H groups in total. The third-order valence-corrected chi connectivity index (χ3v) is 2.86. The lowest BCUT2D eigenvalue weighted by Gasteiger charge is -2.15. The van der Waals surface area contributed by atoms with Gasteiger partial charge in [0.05, 0.1) is 0 Å². The summed E-state index contributed by atoms with van der Waals surface area (Å²) < 4.78 is 0. The van der Waals surface area contributed by atoms with Gasteiger partial charge in [-0.1, -0.05) is 48.5 Å². The summed E-state index contributed by atoms with van der Waals surface area (Å²) in [6.07, 6.45) is 0. The van der Waals surface area contributed by atoms with Gasteiger partial charge >= 0.3 is 0 Å². The Bertz CT molecular complexity index is 473. The molecule has 96 valence electrons. The largest absolute Gasteiger partial charge is 0.508 e. The number of phenolic OH excluding ortho intramolecular Hbond substituents is 1. The minimum atomic E-state index is 0. The van der Waals surface area contributed by atoms with Crippen molar-refractivity contribution in [3.63, 3.8) is 0 Å². The summed E-state index contributed by atoms with van der Waals surface area (Å²) in [5.41, 5.74) is 2.18. The Hall–Kier alpha value is -1.51. The lowest BCUT2D eigenvalue weighted by Crippen LogP contribution is -2.18.